The van der Waals surface area contributed by atoms with Crippen molar-refractivity contribution in [2.45, 2.75) is 12.8 Å². The highest BCUT2D eigenvalue weighted by molar-refractivity contribution is 5.95. The van der Waals surface area contributed by atoms with Crippen molar-refractivity contribution in [3.63, 3.8) is 0 Å². The van der Waals surface area contributed by atoms with Gasteiger partial charge in [-0.05, 0) is 37.4 Å². The molecule has 0 bridgehead atoms. The first-order valence-electron chi connectivity index (χ1n) is 5.81. The molecule has 2 rings (SSSR count). The predicted octanol–water partition coefficient (Wildman–Crippen LogP) is 1.64. The molecule has 2 heterocycles. The molecule has 17 heavy (non-hydrogen) atoms. The van der Waals surface area contributed by atoms with Crippen LogP contribution in [0.1, 0.15) is 23.3 Å². The van der Waals surface area contributed by atoms with E-state index >= 15 is 0 Å². The maximum Gasteiger partial charge on any atom is 0.204 e. The van der Waals surface area contributed by atoms with Crippen molar-refractivity contribution in [2.75, 3.05) is 26.3 Å². The second kappa shape index (κ2) is 7.48. The minimum Gasteiger partial charge on any atom is -0.373 e. The van der Waals surface area contributed by atoms with Gasteiger partial charge in [0.1, 0.15) is 6.61 Å². The number of H-pyrrole nitrogens is 1. The average molecular weight is 259 g/mol. The van der Waals surface area contributed by atoms with Gasteiger partial charge in [-0.1, -0.05) is 0 Å². The predicted molar refractivity (Wildman–Crippen MR) is 68.8 cm³/mol. The SMILES string of the molecule is Cl.O=C(COCC1CCCNC1)c1ccc[nH]1. The molecule has 5 heteroatoms. The number of aromatic nitrogens is 1. The van der Waals surface area contributed by atoms with E-state index in [2.05, 4.69) is 10.3 Å². The standard InChI is InChI=1S/C12H18N2O2.ClH/c15-12(11-4-2-6-14-11)9-16-8-10-3-1-5-13-7-10;/h2,4,6,10,13-14H,1,3,5,7-9H2;1H. The van der Waals surface area contributed by atoms with E-state index in [1.165, 1.54) is 12.8 Å². The summed E-state index contributed by atoms with van der Waals surface area (Å²) < 4.78 is 5.45. The van der Waals surface area contributed by atoms with E-state index in [-0.39, 0.29) is 24.8 Å². The van der Waals surface area contributed by atoms with Gasteiger partial charge in [0.05, 0.1) is 12.3 Å². The number of rotatable bonds is 5. The number of aromatic amines is 1. The summed E-state index contributed by atoms with van der Waals surface area (Å²) in [5, 5.41) is 3.33. The van der Waals surface area contributed by atoms with Gasteiger partial charge in [-0.25, -0.2) is 0 Å². The van der Waals surface area contributed by atoms with E-state index in [0.717, 1.165) is 13.1 Å². The van der Waals surface area contributed by atoms with Gasteiger partial charge in [0.25, 0.3) is 0 Å². The van der Waals surface area contributed by atoms with E-state index in [1.807, 2.05) is 6.07 Å². The molecule has 0 amide bonds. The minimum atomic E-state index is 0. The lowest BCUT2D eigenvalue weighted by molar-refractivity contribution is 0.0642. The molecule has 0 aromatic carbocycles. The molecule has 1 aromatic rings. The molecule has 4 nitrogen and oxygen atoms in total. The quantitative estimate of drug-likeness (QED) is 0.790. The van der Waals surface area contributed by atoms with Crippen LogP contribution in [0.2, 0.25) is 0 Å². The largest absolute Gasteiger partial charge is 0.373 e. The average Bonchev–Trinajstić information content (AvgIpc) is 2.84. The molecule has 96 valence electrons. The fourth-order valence-corrected chi connectivity index (χ4v) is 1.97. The first-order chi connectivity index (χ1) is 7.86. The Hall–Kier alpha value is -0.840. The molecule has 1 unspecified atom stereocenters. The van der Waals surface area contributed by atoms with E-state index in [0.29, 0.717) is 18.2 Å². The summed E-state index contributed by atoms with van der Waals surface area (Å²) >= 11 is 0. The fourth-order valence-electron chi connectivity index (χ4n) is 1.97. The third-order valence-corrected chi connectivity index (χ3v) is 2.88. The van der Waals surface area contributed by atoms with Gasteiger partial charge in [-0.2, -0.15) is 0 Å². The second-order valence-corrected chi connectivity index (χ2v) is 4.23. The molecule has 0 aliphatic carbocycles. The highest BCUT2D eigenvalue weighted by Gasteiger charge is 2.14. The van der Waals surface area contributed by atoms with Gasteiger partial charge in [0, 0.05) is 12.7 Å². The highest BCUT2D eigenvalue weighted by atomic mass is 35.5. The van der Waals surface area contributed by atoms with Crippen LogP contribution in [0.15, 0.2) is 18.3 Å². The molecule has 0 spiro atoms. The zero-order valence-corrected chi connectivity index (χ0v) is 10.6. The van der Waals surface area contributed by atoms with E-state index < -0.39 is 0 Å². The van der Waals surface area contributed by atoms with Crippen molar-refractivity contribution >= 4 is 18.2 Å². The summed E-state index contributed by atoms with van der Waals surface area (Å²) in [6, 6.07) is 3.59. The molecular formula is C12H19ClN2O2. The van der Waals surface area contributed by atoms with Crippen LogP contribution in [0, 0.1) is 5.92 Å². The summed E-state index contributed by atoms with van der Waals surface area (Å²) in [5.74, 6) is 0.582. The lowest BCUT2D eigenvalue weighted by Crippen LogP contribution is -2.32. The summed E-state index contributed by atoms with van der Waals surface area (Å²) in [5.41, 5.74) is 0.627. The summed E-state index contributed by atoms with van der Waals surface area (Å²) in [6.45, 7) is 2.98. The number of piperidine rings is 1. The molecule has 1 aliphatic heterocycles. The Kier molecular flexibility index (Phi) is 6.26. The normalized spacial score (nSPS) is 19.6. The maximum absolute atomic E-state index is 11.6. The number of halogens is 1. The maximum atomic E-state index is 11.6. The topological polar surface area (TPSA) is 54.1 Å². The molecule has 1 saturated heterocycles. The van der Waals surface area contributed by atoms with Crippen LogP contribution in [0.5, 0.6) is 0 Å². The Morgan fingerprint density at radius 3 is 3.06 bits per heavy atom. The van der Waals surface area contributed by atoms with Crippen LogP contribution in [-0.2, 0) is 4.74 Å². The Bertz CT molecular complexity index is 321. The Morgan fingerprint density at radius 1 is 1.53 bits per heavy atom. The zero-order chi connectivity index (χ0) is 11.2. The Labute approximate surface area is 108 Å². The van der Waals surface area contributed by atoms with Crippen molar-refractivity contribution < 1.29 is 9.53 Å². The van der Waals surface area contributed by atoms with Crippen LogP contribution in [-0.4, -0.2) is 37.1 Å². The van der Waals surface area contributed by atoms with E-state index in [4.69, 9.17) is 4.74 Å². The number of nitrogens with one attached hydrogen (secondary N) is 2. The molecule has 0 saturated carbocycles. The third-order valence-electron chi connectivity index (χ3n) is 2.88. The monoisotopic (exact) mass is 258 g/mol. The number of carbonyl (C=O) groups is 1. The number of carbonyl (C=O) groups excluding carboxylic acids is 1. The van der Waals surface area contributed by atoms with Crippen molar-refractivity contribution in [1.29, 1.82) is 0 Å². The van der Waals surface area contributed by atoms with E-state index in [1.54, 1.807) is 12.3 Å². The van der Waals surface area contributed by atoms with Gasteiger partial charge < -0.3 is 15.0 Å². The molecular weight excluding hydrogens is 240 g/mol. The summed E-state index contributed by atoms with van der Waals surface area (Å²) in [7, 11) is 0. The molecule has 1 aromatic heterocycles. The third kappa shape index (κ3) is 4.50. The van der Waals surface area contributed by atoms with Gasteiger partial charge >= 0.3 is 0 Å². The number of Topliss-reactive ketones (excluding diaryl/α,β-unsaturated/α-hetero) is 1. The van der Waals surface area contributed by atoms with Crippen LogP contribution in [0.3, 0.4) is 0 Å². The van der Waals surface area contributed by atoms with Gasteiger partial charge in [0.15, 0.2) is 0 Å². The second-order valence-electron chi connectivity index (χ2n) is 4.23. The summed E-state index contributed by atoms with van der Waals surface area (Å²) in [6.07, 6.45) is 4.15. The minimum absolute atomic E-state index is 0. The smallest absolute Gasteiger partial charge is 0.204 e. The number of hydrogen-bond acceptors (Lipinski definition) is 3. The number of ether oxygens (including phenoxy) is 1. The van der Waals surface area contributed by atoms with Crippen molar-refractivity contribution in [3.8, 4) is 0 Å². The van der Waals surface area contributed by atoms with Crippen LogP contribution in [0.4, 0.5) is 0 Å². The molecule has 0 radical (unpaired) electrons. The van der Waals surface area contributed by atoms with Crippen LogP contribution >= 0.6 is 12.4 Å². The molecule has 1 atom stereocenters. The van der Waals surface area contributed by atoms with Crippen molar-refractivity contribution in [3.05, 3.63) is 24.0 Å². The zero-order valence-electron chi connectivity index (χ0n) is 9.78. The Morgan fingerprint density at radius 2 is 2.41 bits per heavy atom. The molecule has 2 N–H and O–H groups in total. The first-order valence-corrected chi connectivity index (χ1v) is 5.81. The Balaban J connectivity index is 0.00000144. The number of hydrogen-bond donors (Lipinski definition) is 2. The van der Waals surface area contributed by atoms with Gasteiger partial charge in [-0.3, -0.25) is 4.79 Å². The van der Waals surface area contributed by atoms with Gasteiger partial charge in [0.2, 0.25) is 5.78 Å². The molecule has 1 aliphatic rings. The van der Waals surface area contributed by atoms with Crippen molar-refractivity contribution in [2.24, 2.45) is 5.92 Å². The van der Waals surface area contributed by atoms with Crippen LogP contribution < -0.4 is 5.32 Å². The molecule has 1 fully saturated rings. The highest BCUT2D eigenvalue weighted by Crippen LogP contribution is 2.10. The lowest BCUT2D eigenvalue weighted by Gasteiger charge is -2.22. The van der Waals surface area contributed by atoms with E-state index in [9.17, 15) is 4.79 Å². The fraction of sp³-hybridized carbons (Fsp3) is 0.583. The number of ketones is 1. The summed E-state index contributed by atoms with van der Waals surface area (Å²) in [4.78, 5) is 14.5. The van der Waals surface area contributed by atoms with Gasteiger partial charge in [-0.15, -0.1) is 12.4 Å². The van der Waals surface area contributed by atoms with Crippen LogP contribution in [0.25, 0.3) is 0 Å². The lowest BCUT2D eigenvalue weighted by atomic mass is 10.0. The van der Waals surface area contributed by atoms with Crippen molar-refractivity contribution in [1.82, 2.24) is 10.3 Å². The first kappa shape index (κ1) is 14.2.